The Morgan fingerprint density at radius 2 is 2.29 bits per heavy atom. The predicted octanol–water partition coefficient (Wildman–Crippen LogP) is 3.01. The van der Waals surface area contributed by atoms with Gasteiger partial charge in [-0.25, -0.2) is 0 Å². The van der Waals surface area contributed by atoms with Crippen LogP contribution in [0.1, 0.15) is 59.3 Å². The summed E-state index contributed by atoms with van der Waals surface area (Å²) in [5, 5.41) is 12.0. The molecular formula is C14H24N2O. The fourth-order valence-corrected chi connectivity index (χ4v) is 2.67. The van der Waals surface area contributed by atoms with Crippen LogP contribution >= 0.6 is 0 Å². The second kappa shape index (κ2) is 6.05. The summed E-state index contributed by atoms with van der Waals surface area (Å²) in [6.07, 6.45) is 6.03. The van der Waals surface area contributed by atoms with E-state index in [1.807, 2.05) is 6.92 Å². The second-order valence-electron chi connectivity index (χ2n) is 5.94. The van der Waals surface area contributed by atoms with Gasteiger partial charge in [0.1, 0.15) is 5.92 Å². The van der Waals surface area contributed by atoms with Gasteiger partial charge in [-0.2, -0.15) is 5.26 Å². The van der Waals surface area contributed by atoms with Crippen LogP contribution in [0.4, 0.5) is 0 Å². The van der Waals surface area contributed by atoms with Crippen molar-refractivity contribution in [1.82, 2.24) is 5.32 Å². The van der Waals surface area contributed by atoms with Gasteiger partial charge in [0.05, 0.1) is 6.07 Å². The molecule has 0 bridgehead atoms. The number of amides is 1. The highest BCUT2D eigenvalue weighted by atomic mass is 16.1. The normalized spacial score (nSPS) is 24.7. The average molecular weight is 236 g/mol. The van der Waals surface area contributed by atoms with Gasteiger partial charge in [0, 0.05) is 6.04 Å². The zero-order valence-electron chi connectivity index (χ0n) is 11.3. The minimum Gasteiger partial charge on any atom is -0.352 e. The number of nitrogens with zero attached hydrogens (tertiary/aromatic N) is 1. The third-order valence-electron chi connectivity index (χ3n) is 3.60. The maximum Gasteiger partial charge on any atom is 0.237 e. The van der Waals surface area contributed by atoms with Gasteiger partial charge in [0.25, 0.3) is 0 Å². The topological polar surface area (TPSA) is 52.9 Å². The van der Waals surface area contributed by atoms with Crippen LogP contribution in [0.2, 0.25) is 0 Å². The van der Waals surface area contributed by atoms with Crippen molar-refractivity contribution in [3.8, 4) is 6.07 Å². The summed E-state index contributed by atoms with van der Waals surface area (Å²) in [6.45, 7) is 6.50. The molecule has 1 amide bonds. The third-order valence-corrected chi connectivity index (χ3v) is 3.60. The van der Waals surface area contributed by atoms with Gasteiger partial charge in [-0.1, -0.05) is 33.6 Å². The first kappa shape index (κ1) is 14.0. The second-order valence-corrected chi connectivity index (χ2v) is 5.94. The molecule has 2 unspecified atom stereocenters. The highest BCUT2D eigenvalue weighted by Crippen LogP contribution is 2.35. The number of carbonyl (C=O) groups is 1. The quantitative estimate of drug-likeness (QED) is 0.815. The first-order valence-electron chi connectivity index (χ1n) is 6.68. The Kier molecular flexibility index (Phi) is 4.99. The number of hydrogen-bond donors (Lipinski definition) is 1. The SMILES string of the molecule is CCCC(C#N)C(=O)NC1CCCC(C)(C)C1. The fraction of sp³-hybridized carbons (Fsp3) is 0.857. The summed E-state index contributed by atoms with van der Waals surface area (Å²) in [5.74, 6) is -0.540. The molecule has 0 heterocycles. The van der Waals surface area contributed by atoms with E-state index >= 15 is 0 Å². The van der Waals surface area contributed by atoms with Gasteiger partial charge in [-0.3, -0.25) is 4.79 Å². The van der Waals surface area contributed by atoms with Crippen LogP contribution < -0.4 is 5.32 Å². The molecule has 17 heavy (non-hydrogen) atoms. The van der Waals surface area contributed by atoms with Gasteiger partial charge in [0.2, 0.25) is 5.91 Å². The Labute approximate surface area is 105 Å². The molecule has 1 saturated carbocycles. The van der Waals surface area contributed by atoms with E-state index in [0.29, 0.717) is 11.8 Å². The molecule has 0 saturated heterocycles. The number of carbonyl (C=O) groups excluding carboxylic acids is 1. The maximum atomic E-state index is 11.9. The lowest BCUT2D eigenvalue weighted by atomic mass is 9.75. The Bertz CT molecular complexity index is 304. The van der Waals surface area contributed by atoms with Gasteiger partial charge in [-0.05, 0) is 31.1 Å². The molecule has 1 N–H and O–H groups in total. The van der Waals surface area contributed by atoms with Crippen molar-refractivity contribution in [3.63, 3.8) is 0 Å². The van der Waals surface area contributed by atoms with E-state index in [0.717, 1.165) is 19.3 Å². The molecule has 1 aliphatic carbocycles. The molecule has 0 spiro atoms. The zero-order chi connectivity index (χ0) is 12.9. The van der Waals surface area contributed by atoms with E-state index in [4.69, 9.17) is 5.26 Å². The number of hydrogen-bond acceptors (Lipinski definition) is 2. The molecule has 1 rings (SSSR count). The molecule has 0 aliphatic heterocycles. The van der Waals surface area contributed by atoms with Crippen molar-refractivity contribution in [2.45, 2.75) is 65.3 Å². The van der Waals surface area contributed by atoms with Crippen molar-refractivity contribution < 1.29 is 4.79 Å². The van der Waals surface area contributed by atoms with Crippen LogP contribution in [-0.2, 0) is 4.79 Å². The standard InChI is InChI=1S/C14H24N2O/c1-4-6-11(10-15)13(17)16-12-7-5-8-14(2,3)9-12/h11-12H,4-9H2,1-3H3,(H,16,17). The predicted molar refractivity (Wildman–Crippen MR) is 68.2 cm³/mol. The van der Waals surface area contributed by atoms with Crippen molar-refractivity contribution in [3.05, 3.63) is 0 Å². The highest BCUT2D eigenvalue weighted by Gasteiger charge is 2.30. The summed E-state index contributed by atoms with van der Waals surface area (Å²) in [6, 6.07) is 2.36. The average Bonchev–Trinajstić information content (AvgIpc) is 2.24. The van der Waals surface area contributed by atoms with Crippen LogP contribution in [0.25, 0.3) is 0 Å². The minimum atomic E-state index is -0.468. The smallest absolute Gasteiger partial charge is 0.237 e. The molecule has 0 aromatic carbocycles. The summed E-state index contributed by atoms with van der Waals surface area (Å²) >= 11 is 0. The lowest BCUT2D eigenvalue weighted by molar-refractivity contribution is -0.124. The minimum absolute atomic E-state index is 0.0722. The molecule has 0 aromatic heterocycles. The van der Waals surface area contributed by atoms with Crippen LogP contribution in [-0.4, -0.2) is 11.9 Å². The van der Waals surface area contributed by atoms with Crippen molar-refractivity contribution >= 4 is 5.91 Å². The molecule has 3 heteroatoms. The molecular weight excluding hydrogens is 212 g/mol. The van der Waals surface area contributed by atoms with Crippen LogP contribution in [0, 0.1) is 22.7 Å². The van der Waals surface area contributed by atoms with E-state index in [9.17, 15) is 4.79 Å². The number of nitriles is 1. The Balaban J connectivity index is 2.48. The molecule has 96 valence electrons. The summed E-state index contributed by atoms with van der Waals surface area (Å²) in [7, 11) is 0. The van der Waals surface area contributed by atoms with Crippen LogP contribution in [0.5, 0.6) is 0 Å². The van der Waals surface area contributed by atoms with E-state index in [1.54, 1.807) is 0 Å². The third kappa shape index (κ3) is 4.38. The van der Waals surface area contributed by atoms with E-state index in [-0.39, 0.29) is 11.9 Å². The number of rotatable bonds is 4. The largest absolute Gasteiger partial charge is 0.352 e. The van der Waals surface area contributed by atoms with Crippen LogP contribution in [0.15, 0.2) is 0 Å². The molecule has 1 aliphatic rings. The monoisotopic (exact) mass is 236 g/mol. The van der Waals surface area contributed by atoms with Crippen molar-refractivity contribution in [1.29, 1.82) is 5.26 Å². The lowest BCUT2D eigenvalue weighted by Gasteiger charge is -2.35. The molecule has 2 atom stereocenters. The lowest BCUT2D eigenvalue weighted by Crippen LogP contribution is -2.43. The molecule has 0 aromatic rings. The van der Waals surface area contributed by atoms with Gasteiger partial charge >= 0.3 is 0 Å². The van der Waals surface area contributed by atoms with Crippen molar-refractivity contribution in [2.75, 3.05) is 0 Å². The molecule has 3 nitrogen and oxygen atoms in total. The Morgan fingerprint density at radius 1 is 1.59 bits per heavy atom. The van der Waals surface area contributed by atoms with E-state index < -0.39 is 5.92 Å². The summed E-state index contributed by atoms with van der Waals surface area (Å²) in [4.78, 5) is 11.9. The van der Waals surface area contributed by atoms with Crippen LogP contribution in [0.3, 0.4) is 0 Å². The summed E-state index contributed by atoms with van der Waals surface area (Å²) < 4.78 is 0. The first-order chi connectivity index (χ1) is 7.98. The number of nitrogens with one attached hydrogen (secondary N) is 1. The van der Waals surface area contributed by atoms with E-state index in [2.05, 4.69) is 25.2 Å². The first-order valence-corrected chi connectivity index (χ1v) is 6.68. The highest BCUT2D eigenvalue weighted by molar-refractivity contribution is 5.81. The molecule has 0 radical (unpaired) electrons. The maximum absolute atomic E-state index is 11.9. The Hall–Kier alpha value is -1.04. The van der Waals surface area contributed by atoms with Gasteiger partial charge in [-0.15, -0.1) is 0 Å². The fourth-order valence-electron chi connectivity index (χ4n) is 2.67. The van der Waals surface area contributed by atoms with Crippen molar-refractivity contribution in [2.24, 2.45) is 11.3 Å². The van der Waals surface area contributed by atoms with E-state index in [1.165, 1.54) is 12.8 Å². The zero-order valence-corrected chi connectivity index (χ0v) is 11.3. The summed E-state index contributed by atoms with van der Waals surface area (Å²) in [5.41, 5.74) is 0.323. The van der Waals surface area contributed by atoms with Gasteiger partial charge < -0.3 is 5.32 Å². The van der Waals surface area contributed by atoms with Gasteiger partial charge in [0.15, 0.2) is 0 Å². The molecule has 1 fully saturated rings. The Morgan fingerprint density at radius 3 is 2.82 bits per heavy atom.